The molecule has 0 radical (unpaired) electrons. The van der Waals surface area contributed by atoms with Crippen molar-refractivity contribution in [1.82, 2.24) is 5.32 Å². The van der Waals surface area contributed by atoms with Gasteiger partial charge in [0.1, 0.15) is 6.04 Å². The maximum atomic E-state index is 12.2. The lowest BCUT2D eigenvalue weighted by atomic mass is 10.2. The van der Waals surface area contributed by atoms with Gasteiger partial charge in [-0.3, -0.25) is 9.59 Å². The predicted molar refractivity (Wildman–Crippen MR) is 91.5 cm³/mol. The zero-order valence-electron chi connectivity index (χ0n) is 13.8. The third kappa shape index (κ3) is 4.25. The maximum Gasteiger partial charge on any atom is 0.251 e. The molecule has 0 aliphatic rings. The third-order valence-electron chi connectivity index (χ3n) is 3.43. The van der Waals surface area contributed by atoms with Gasteiger partial charge in [0.25, 0.3) is 5.91 Å². The summed E-state index contributed by atoms with van der Waals surface area (Å²) >= 11 is 0. The van der Waals surface area contributed by atoms with Crippen LogP contribution in [0.5, 0.6) is 11.5 Å². The molecule has 2 rings (SSSR count). The lowest BCUT2D eigenvalue weighted by molar-refractivity contribution is -0.117. The summed E-state index contributed by atoms with van der Waals surface area (Å²) in [5, 5.41) is 5.40. The van der Waals surface area contributed by atoms with Crippen molar-refractivity contribution in [2.45, 2.75) is 13.0 Å². The summed E-state index contributed by atoms with van der Waals surface area (Å²) in [6.45, 7) is 1.62. The van der Waals surface area contributed by atoms with E-state index < -0.39 is 6.04 Å². The fourth-order valence-corrected chi connectivity index (χ4v) is 2.10. The molecule has 2 aromatic rings. The number of amides is 2. The SMILES string of the molecule is COc1ccc(NC(=O)C(C)NC(=O)c2ccccc2)cc1OC. The Labute approximate surface area is 140 Å². The van der Waals surface area contributed by atoms with Crippen molar-refractivity contribution < 1.29 is 19.1 Å². The lowest BCUT2D eigenvalue weighted by Gasteiger charge is -2.15. The standard InChI is InChI=1S/C18H20N2O4/c1-12(19-18(22)13-7-5-4-6-8-13)17(21)20-14-9-10-15(23-2)16(11-14)24-3/h4-12H,1-3H3,(H,19,22)(H,20,21). The molecule has 0 saturated heterocycles. The second-order valence-electron chi connectivity index (χ2n) is 5.12. The normalized spacial score (nSPS) is 11.3. The number of nitrogens with one attached hydrogen (secondary N) is 2. The van der Waals surface area contributed by atoms with Crippen molar-refractivity contribution in [2.75, 3.05) is 19.5 Å². The first-order valence-corrected chi connectivity index (χ1v) is 7.44. The molecule has 0 bridgehead atoms. The largest absolute Gasteiger partial charge is 0.493 e. The Hall–Kier alpha value is -3.02. The molecule has 0 heterocycles. The summed E-state index contributed by atoms with van der Waals surface area (Å²) < 4.78 is 10.3. The van der Waals surface area contributed by atoms with Crippen molar-refractivity contribution in [3.05, 3.63) is 54.1 Å². The molecule has 2 amide bonds. The molecule has 2 aromatic carbocycles. The van der Waals surface area contributed by atoms with E-state index in [1.807, 2.05) is 6.07 Å². The highest BCUT2D eigenvalue weighted by atomic mass is 16.5. The van der Waals surface area contributed by atoms with Crippen LogP contribution in [0, 0.1) is 0 Å². The van der Waals surface area contributed by atoms with Crippen molar-refractivity contribution in [2.24, 2.45) is 0 Å². The van der Waals surface area contributed by atoms with Crippen LogP contribution in [0.3, 0.4) is 0 Å². The van der Waals surface area contributed by atoms with E-state index in [4.69, 9.17) is 9.47 Å². The molecule has 0 aromatic heterocycles. The fraction of sp³-hybridized carbons (Fsp3) is 0.222. The van der Waals surface area contributed by atoms with Crippen LogP contribution in [0.4, 0.5) is 5.69 Å². The van der Waals surface area contributed by atoms with Crippen molar-refractivity contribution in [3.63, 3.8) is 0 Å². The molecular formula is C18H20N2O4. The number of carbonyl (C=O) groups is 2. The molecule has 0 saturated carbocycles. The molecule has 1 atom stereocenters. The first kappa shape index (κ1) is 17.3. The van der Waals surface area contributed by atoms with Gasteiger partial charge in [-0.15, -0.1) is 0 Å². The van der Waals surface area contributed by atoms with Crippen LogP contribution in [0.2, 0.25) is 0 Å². The number of rotatable bonds is 6. The smallest absolute Gasteiger partial charge is 0.251 e. The van der Waals surface area contributed by atoms with Gasteiger partial charge in [-0.2, -0.15) is 0 Å². The highest BCUT2D eigenvalue weighted by Gasteiger charge is 2.17. The summed E-state index contributed by atoms with van der Waals surface area (Å²) in [6.07, 6.45) is 0. The van der Waals surface area contributed by atoms with Gasteiger partial charge in [0.15, 0.2) is 11.5 Å². The molecule has 0 fully saturated rings. The highest BCUT2D eigenvalue weighted by molar-refractivity contribution is 6.01. The molecule has 6 heteroatoms. The fourth-order valence-electron chi connectivity index (χ4n) is 2.10. The summed E-state index contributed by atoms with van der Waals surface area (Å²) in [4.78, 5) is 24.3. The molecule has 6 nitrogen and oxygen atoms in total. The summed E-state index contributed by atoms with van der Waals surface area (Å²) in [5.41, 5.74) is 1.06. The minimum Gasteiger partial charge on any atom is -0.493 e. The van der Waals surface area contributed by atoms with Crippen molar-refractivity contribution in [1.29, 1.82) is 0 Å². The van der Waals surface area contributed by atoms with Gasteiger partial charge in [0.05, 0.1) is 14.2 Å². The molecular weight excluding hydrogens is 308 g/mol. The zero-order chi connectivity index (χ0) is 17.5. The molecule has 0 aliphatic heterocycles. The average molecular weight is 328 g/mol. The molecule has 2 N–H and O–H groups in total. The Kier molecular flexibility index (Phi) is 5.78. The third-order valence-corrected chi connectivity index (χ3v) is 3.43. The monoisotopic (exact) mass is 328 g/mol. The van der Waals surface area contributed by atoms with Gasteiger partial charge in [0.2, 0.25) is 5.91 Å². The van der Waals surface area contributed by atoms with E-state index in [-0.39, 0.29) is 11.8 Å². The number of hydrogen-bond acceptors (Lipinski definition) is 4. The van der Waals surface area contributed by atoms with Gasteiger partial charge in [-0.25, -0.2) is 0 Å². The van der Waals surface area contributed by atoms with Gasteiger partial charge in [-0.05, 0) is 31.2 Å². The average Bonchev–Trinajstić information content (AvgIpc) is 2.62. The van der Waals surface area contributed by atoms with Crippen molar-refractivity contribution in [3.8, 4) is 11.5 Å². The first-order chi connectivity index (χ1) is 11.5. The van der Waals surface area contributed by atoms with Crippen LogP contribution in [-0.2, 0) is 4.79 Å². The summed E-state index contributed by atoms with van der Waals surface area (Å²) in [6, 6.07) is 13.1. The molecule has 24 heavy (non-hydrogen) atoms. The van der Waals surface area contributed by atoms with E-state index in [0.29, 0.717) is 22.7 Å². The molecule has 0 aliphatic carbocycles. The van der Waals surface area contributed by atoms with E-state index in [9.17, 15) is 9.59 Å². The van der Waals surface area contributed by atoms with Crippen LogP contribution >= 0.6 is 0 Å². The highest BCUT2D eigenvalue weighted by Crippen LogP contribution is 2.29. The van der Waals surface area contributed by atoms with Crippen LogP contribution in [-0.4, -0.2) is 32.1 Å². The topological polar surface area (TPSA) is 76.7 Å². The van der Waals surface area contributed by atoms with Crippen LogP contribution in [0.1, 0.15) is 17.3 Å². The number of benzene rings is 2. The minimum atomic E-state index is -0.689. The Morgan fingerprint density at radius 2 is 1.62 bits per heavy atom. The van der Waals surface area contributed by atoms with Crippen LogP contribution in [0.25, 0.3) is 0 Å². The number of hydrogen-bond donors (Lipinski definition) is 2. The van der Waals surface area contributed by atoms with Crippen LogP contribution in [0.15, 0.2) is 48.5 Å². The number of carbonyl (C=O) groups excluding carboxylic acids is 2. The van der Waals surface area contributed by atoms with E-state index >= 15 is 0 Å². The maximum absolute atomic E-state index is 12.2. The molecule has 1 unspecified atom stereocenters. The lowest BCUT2D eigenvalue weighted by Crippen LogP contribution is -2.41. The van der Waals surface area contributed by atoms with Gasteiger partial charge >= 0.3 is 0 Å². The van der Waals surface area contributed by atoms with E-state index in [1.54, 1.807) is 49.4 Å². The zero-order valence-corrected chi connectivity index (χ0v) is 13.8. The second kappa shape index (κ2) is 8.01. The van der Waals surface area contributed by atoms with Crippen molar-refractivity contribution >= 4 is 17.5 Å². The van der Waals surface area contributed by atoms with E-state index in [1.165, 1.54) is 14.2 Å². The Morgan fingerprint density at radius 3 is 2.25 bits per heavy atom. The Bertz CT molecular complexity index is 716. The first-order valence-electron chi connectivity index (χ1n) is 7.44. The van der Waals surface area contributed by atoms with E-state index in [0.717, 1.165) is 0 Å². The van der Waals surface area contributed by atoms with Crippen LogP contribution < -0.4 is 20.1 Å². The molecule has 126 valence electrons. The van der Waals surface area contributed by atoms with E-state index in [2.05, 4.69) is 10.6 Å². The Morgan fingerprint density at radius 1 is 0.958 bits per heavy atom. The van der Waals surface area contributed by atoms with Gasteiger partial charge < -0.3 is 20.1 Å². The van der Waals surface area contributed by atoms with Gasteiger partial charge in [0, 0.05) is 17.3 Å². The quantitative estimate of drug-likeness (QED) is 0.854. The van der Waals surface area contributed by atoms with Gasteiger partial charge in [-0.1, -0.05) is 18.2 Å². The minimum absolute atomic E-state index is 0.300. The predicted octanol–water partition coefficient (Wildman–Crippen LogP) is 2.46. The molecule has 0 spiro atoms. The summed E-state index contributed by atoms with van der Waals surface area (Å²) in [5.74, 6) is 0.453. The number of methoxy groups -OCH3 is 2. The Balaban J connectivity index is 2.00. The summed E-state index contributed by atoms with van der Waals surface area (Å²) in [7, 11) is 3.06. The number of ether oxygens (including phenoxy) is 2. The number of anilines is 1. The second-order valence-corrected chi connectivity index (χ2v) is 5.12.